The minimum atomic E-state index is -0.460. The quantitative estimate of drug-likeness (QED) is 0.298. The SMILES string of the molecule is COc1cc2c(cc1NN(NC(=O)c1cncnc1)c1ccccc1C(=O)Nc1ccccc1)CN(C)CC2. The maximum atomic E-state index is 13.4. The Morgan fingerprint density at radius 1 is 0.949 bits per heavy atom. The number of carbonyl (C=O) groups excluding carboxylic acids is 2. The van der Waals surface area contributed by atoms with E-state index in [4.69, 9.17) is 4.74 Å². The molecule has 3 aromatic carbocycles. The highest BCUT2D eigenvalue weighted by Crippen LogP contribution is 2.33. The van der Waals surface area contributed by atoms with Crippen LogP contribution < -0.4 is 26.0 Å². The van der Waals surface area contributed by atoms with Gasteiger partial charge in [-0.15, -0.1) is 0 Å². The molecule has 198 valence electrons. The van der Waals surface area contributed by atoms with Crippen LogP contribution in [0.2, 0.25) is 0 Å². The van der Waals surface area contributed by atoms with Crippen LogP contribution in [0.5, 0.6) is 5.75 Å². The van der Waals surface area contributed by atoms with Gasteiger partial charge in [0.15, 0.2) is 0 Å². The Hall–Kier alpha value is -4.96. The van der Waals surface area contributed by atoms with Gasteiger partial charge in [0.1, 0.15) is 12.1 Å². The van der Waals surface area contributed by atoms with E-state index in [-0.39, 0.29) is 11.5 Å². The molecule has 4 aromatic rings. The average molecular weight is 524 g/mol. The van der Waals surface area contributed by atoms with Crippen molar-refractivity contribution in [1.29, 1.82) is 0 Å². The standard InChI is InChI=1S/C29H29N7O3/c1-35-13-12-20-15-27(39-2)25(14-21(20)18-35)33-36(34-28(37)22-16-30-19-31-17-22)26-11-7-6-10-24(26)29(38)32-23-8-4-3-5-9-23/h3-11,14-17,19,33H,12-13,18H2,1-2H3,(H,32,38)(H,34,37). The lowest BCUT2D eigenvalue weighted by Gasteiger charge is -2.31. The highest BCUT2D eigenvalue weighted by Gasteiger charge is 2.23. The lowest BCUT2D eigenvalue weighted by atomic mass is 9.99. The molecule has 0 aliphatic carbocycles. The van der Waals surface area contributed by atoms with Crippen molar-refractivity contribution in [3.05, 3.63) is 108 Å². The maximum absolute atomic E-state index is 13.4. The number of para-hydroxylation sites is 2. The zero-order valence-corrected chi connectivity index (χ0v) is 21.7. The molecule has 2 heterocycles. The van der Waals surface area contributed by atoms with Crippen molar-refractivity contribution in [2.24, 2.45) is 0 Å². The first kappa shape index (κ1) is 25.7. The van der Waals surface area contributed by atoms with Gasteiger partial charge in [0.2, 0.25) is 0 Å². The summed E-state index contributed by atoms with van der Waals surface area (Å²) in [6.45, 7) is 1.76. The number of aromatic nitrogens is 2. The number of carbonyl (C=O) groups is 2. The molecule has 5 rings (SSSR count). The second-order valence-corrected chi connectivity index (χ2v) is 9.16. The fraction of sp³-hybridized carbons (Fsp3) is 0.172. The number of nitrogens with one attached hydrogen (secondary N) is 3. The lowest BCUT2D eigenvalue weighted by Crippen LogP contribution is -2.47. The van der Waals surface area contributed by atoms with Crippen molar-refractivity contribution in [2.75, 3.05) is 36.6 Å². The van der Waals surface area contributed by atoms with Crippen molar-refractivity contribution in [1.82, 2.24) is 20.3 Å². The molecule has 0 unspecified atom stereocenters. The van der Waals surface area contributed by atoms with Crippen molar-refractivity contribution < 1.29 is 14.3 Å². The molecule has 1 aromatic heterocycles. The van der Waals surface area contributed by atoms with Gasteiger partial charge >= 0.3 is 0 Å². The molecule has 1 aliphatic heterocycles. The van der Waals surface area contributed by atoms with E-state index in [1.54, 1.807) is 31.4 Å². The normalized spacial score (nSPS) is 12.7. The van der Waals surface area contributed by atoms with Gasteiger partial charge < -0.3 is 15.0 Å². The number of fused-ring (bicyclic) bond motifs is 1. The maximum Gasteiger partial charge on any atom is 0.274 e. The molecule has 39 heavy (non-hydrogen) atoms. The monoisotopic (exact) mass is 523 g/mol. The molecule has 0 saturated heterocycles. The fourth-order valence-corrected chi connectivity index (χ4v) is 4.42. The number of hydrazine groups is 2. The summed E-state index contributed by atoms with van der Waals surface area (Å²) in [6.07, 6.45) is 5.11. The Labute approximate surface area is 226 Å². The third-order valence-electron chi connectivity index (χ3n) is 6.41. The summed E-state index contributed by atoms with van der Waals surface area (Å²) in [7, 11) is 3.68. The van der Waals surface area contributed by atoms with Crippen molar-refractivity contribution in [3.8, 4) is 5.75 Å². The van der Waals surface area contributed by atoms with Gasteiger partial charge in [0, 0.05) is 31.2 Å². The van der Waals surface area contributed by atoms with E-state index in [1.165, 1.54) is 29.4 Å². The van der Waals surface area contributed by atoms with Crippen LogP contribution in [0, 0.1) is 0 Å². The Balaban J connectivity index is 1.52. The molecule has 0 bridgehead atoms. The molecule has 3 N–H and O–H groups in total. The number of hydrogen-bond donors (Lipinski definition) is 3. The molecular weight excluding hydrogens is 494 g/mol. The first-order valence-corrected chi connectivity index (χ1v) is 12.5. The minimum Gasteiger partial charge on any atom is -0.495 e. The summed E-state index contributed by atoms with van der Waals surface area (Å²) in [6, 6.07) is 20.2. The van der Waals surface area contributed by atoms with E-state index in [2.05, 4.69) is 38.1 Å². The van der Waals surface area contributed by atoms with E-state index < -0.39 is 5.91 Å². The highest BCUT2D eigenvalue weighted by atomic mass is 16.5. The number of methoxy groups -OCH3 is 1. The Kier molecular flexibility index (Phi) is 7.65. The molecule has 10 nitrogen and oxygen atoms in total. The van der Waals surface area contributed by atoms with Crippen molar-refractivity contribution in [2.45, 2.75) is 13.0 Å². The number of hydrogen-bond acceptors (Lipinski definition) is 8. The topological polar surface area (TPSA) is 112 Å². The third-order valence-corrected chi connectivity index (χ3v) is 6.41. The van der Waals surface area contributed by atoms with Gasteiger partial charge in [-0.1, -0.05) is 30.3 Å². The van der Waals surface area contributed by atoms with E-state index in [0.717, 1.165) is 25.1 Å². The van der Waals surface area contributed by atoms with Gasteiger partial charge in [-0.2, -0.15) is 5.12 Å². The zero-order valence-electron chi connectivity index (χ0n) is 21.7. The van der Waals surface area contributed by atoms with Crippen molar-refractivity contribution in [3.63, 3.8) is 0 Å². The number of likely N-dealkylation sites (N-methyl/N-ethyl adjacent to an activating group) is 1. The largest absolute Gasteiger partial charge is 0.495 e. The van der Waals surface area contributed by atoms with Gasteiger partial charge in [-0.3, -0.25) is 15.0 Å². The van der Waals surface area contributed by atoms with Crippen LogP contribution in [0.1, 0.15) is 31.8 Å². The molecule has 0 fully saturated rings. The first-order chi connectivity index (χ1) is 19.0. The average Bonchev–Trinajstić information content (AvgIpc) is 2.97. The highest BCUT2D eigenvalue weighted by molar-refractivity contribution is 6.08. The molecule has 0 spiro atoms. The number of anilines is 3. The molecular formula is C29H29N7O3. The number of ether oxygens (including phenoxy) is 1. The van der Waals surface area contributed by atoms with E-state index in [1.807, 2.05) is 42.5 Å². The molecule has 0 saturated carbocycles. The molecule has 0 radical (unpaired) electrons. The first-order valence-electron chi connectivity index (χ1n) is 12.5. The zero-order chi connectivity index (χ0) is 27.2. The molecule has 0 atom stereocenters. The Morgan fingerprint density at radius 2 is 1.69 bits per heavy atom. The van der Waals surface area contributed by atoms with Crippen LogP contribution in [-0.2, 0) is 13.0 Å². The minimum absolute atomic E-state index is 0.259. The van der Waals surface area contributed by atoms with E-state index in [0.29, 0.717) is 28.4 Å². The number of nitrogens with zero attached hydrogens (tertiary/aromatic N) is 4. The summed E-state index contributed by atoms with van der Waals surface area (Å²) < 4.78 is 5.71. The van der Waals surface area contributed by atoms with Gasteiger partial charge in [0.05, 0.1) is 29.6 Å². The second kappa shape index (κ2) is 11.6. The smallest absolute Gasteiger partial charge is 0.274 e. The van der Waals surface area contributed by atoms with E-state index >= 15 is 0 Å². The predicted molar refractivity (Wildman–Crippen MR) is 149 cm³/mol. The summed E-state index contributed by atoms with van der Waals surface area (Å²) in [5, 5.41) is 4.34. The Morgan fingerprint density at radius 3 is 2.46 bits per heavy atom. The molecule has 2 amide bonds. The molecule has 10 heteroatoms. The predicted octanol–water partition coefficient (Wildman–Crippen LogP) is 3.90. The van der Waals surface area contributed by atoms with Crippen LogP contribution in [0.4, 0.5) is 17.1 Å². The van der Waals surface area contributed by atoms with Crippen LogP contribution in [-0.4, -0.2) is 47.4 Å². The number of rotatable bonds is 8. The van der Waals surface area contributed by atoms with Crippen LogP contribution in [0.25, 0.3) is 0 Å². The van der Waals surface area contributed by atoms with Crippen molar-refractivity contribution >= 4 is 28.9 Å². The lowest BCUT2D eigenvalue weighted by molar-refractivity contribution is 0.0947. The fourth-order valence-electron chi connectivity index (χ4n) is 4.42. The van der Waals surface area contributed by atoms with Gasteiger partial charge in [0.25, 0.3) is 11.8 Å². The summed E-state index contributed by atoms with van der Waals surface area (Å²) >= 11 is 0. The van der Waals surface area contributed by atoms with E-state index in [9.17, 15) is 9.59 Å². The summed E-state index contributed by atoms with van der Waals surface area (Å²) in [4.78, 5) is 36.7. The Bertz CT molecular complexity index is 1460. The van der Waals surface area contributed by atoms with Gasteiger partial charge in [-0.25, -0.2) is 15.4 Å². The van der Waals surface area contributed by atoms with Crippen LogP contribution >= 0.6 is 0 Å². The number of amides is 2. The van der Waals surface area contributed by atoms with Crippen LogP contribution in [0.3, 0.4) is 0 Å². The summed E-state index contributed by atoms with van der Waals surface area (Å²) in [5.41, 5.74) is 10.8. The van der Waals surface area contributed by atoms with Crippen LogP contribution in [0.15, 0.2) is 85.5 Å². The second-order valence-electron chi connectivity index (χ2n) is 9.16. The molecule has 1 aliphatic rings. The third kappa shape index (κ3) is 5.97. The number of benzene rings is 3. The van der Waals surface area contributed by atoms with Gasteiger partial charge in [-0.05, 0) is 61.0 Å². The summed E-state index contributed by atoms with van der Waals surface area (Å²) in [5.74, 6) is -0.176.